The van der Waals surface area contributed by atoms with Gasteiger partial charge in [0.05, 0.1) is 6.54 Å². The molecule has 2 saturated carbocycles. The van der Waals surface area contributed by atoms with E-state index in [9.17, 15) is 4.79 Å². The van der Waals surface area contributed by atoms with Crippen molar-refractivity contribution in [2.45, 2.75) is 51.1 Å². The van der Waals surface area contributed by atoms with Crippen LogP contribution in [0.4, 0.5) is 4.79 Å². The highest BCUT2D eigenvalue weighted by molar-refractivity contribution is 7.09. The SMILES string of the molecule is NCC1(CCNC(=O)N(Cc2nccs2)C2CC23CCNCC3)CC1. The van der Waals surface area contributed by atoms with Crippen LogP contribution in [0, 0.1) is 10.8 Å². The van der Waals surface area contributed by atoms with Crippen LogP contribution in [0.2, 0.25) is 0 Å². The number of carbonyl (C=O) groups is 1. The number of aromatic nitrogens is 1. The van der Waals surface area contributed by atoms with Crippen molar-refractivity contribution in [3.8, 4) is 0 Å². The van der Waals surface area contributed by atoms with Crippen LogP contribution >= 0.6 is 11.3 Å². The minimum atomic E-state index is 0.0726. The van der Waals surface area contributed by atoms with Gasteiger partial charge in [-0.25, -0.2) is 9.78 Å². The summed E-state index contributed by atoms with van der Waals surface area (Å²) in [6.07, 6.45) is 8.73. The number of carbonyl (C=O) groups excluding carboxylic acids is 1. The number of rotatable bonds is 7. The molecule has 2 aliphatic carbocycles. The number of thiazole rings is 1. The molecule has 3 aliphatic rings. The Morgan fingerprint density at radius 1 is 1.40 bits per heavy atom. The Balaban J connectivity index is 1.37. The summed E-state index contributed by atoms with van der Waals surface area (Å²) >= 11 is 1.63. The molecule has 6 nitrogen and oxygen atoms in total. The van der Waals surface area contributed by atoms with Crippen molar-refractivity contribution in [1.29, 1.82) is 0 Å². The van der Waals surface area contributed by atoms with E-state index < -0.39 is 0 Å². The number of amides is 2. The first-order valence-corrected chi connectivity index (χ1v) is 10.4. The van der Waals surface area contributed by atoms with E-state index in [0.717, 1.165) is 44.0 Å². The van der Waals surface area contributed by atoms with Crippen molar-refractivity contribution in [3.05, 3.63) is 16.6 Å². The Morgan fingerprint density at radius 2 is 2.20 bits per heavy atom. The molecule has 1 aromatic rings. The Labute approximate surface area is 153 Å². The predicted molar refractivity (Wildman–Crippen MR) is 99.3 cm³/mol. The Kier molecular flexibility index (Phi) is 4.73. The molecule has 1 aromatic heterocycles. The van der Waals surface area contributed by atoms with Crippen molar-refractivity contribution in [3.63, 3.8) is 0 Å². The molecule has 2 heterocycles. The smallest absolute Gasteiger partial charge is 0.318 e. The standard InChI is InChI=1S/C18H29N5OS/c19-13-17(1-2-17)3-8-22-16(24)23(12-15-21-9-10-25-15)14-11-18(14)4-6-20-7-5-18/h9-10,14,20H,1-8,11-13,19H2,(H,22,24). The number of nitrogens with zero attached hydrogens (tertiary/aromatic N) is 2. The van der Waals surface area contributed by atoms with Crippen LogP contribution < -0.4 is 16.4 Å². The number of nitrogens with one attached hydrogen (secondary N) is 2. The largest absolute Gasteiger partial charge is 0.338 e. The summed E-state index contributed by atoms with van der Waals surface area (Å²) < 4.78 is 0. The summed E-state index contributed by atoms with van der Waals surface area (Å²) in [6, 6.07) is 0.436. The lowest BCUT2D eigenvalue weighted by Crippen LogP contribution is -2.44. The van der Waals surface area contributed by atoms with Gasteiger partial charge in [0, 0.05) is 24.2 Å². The molecule has 3 fully saturated rings. The molecule has 4 N–H and O–H groups in total. The molecule has 25 heavy (non-hydrogen) atoms. The quantitative estimate of drug-likeness (QED) is 0.691. The van der Waals surface area contributed by atoms with Gasteiger partial charge in [-0.3, -0.25) is 0 Å². The molecule has 138 valence electrons. The van der Waals surface area contributed by atoms with Gasteiger partial charge in [-0.1, -0.05) is 0 Å². The maximum Gasteiger partial charge on any atom is 0.318 e. The summed E-state index contributed by atoms with van der Waals surface area (Å²) in [7, 11) is 0. The Hall–Kier alpha value is -1.18. The number of piperidine rings is 1. The van der Waals surface area contributed by atoms with E-state index in [1.54, 1.807) is 11.3 Å². The Bertz CT molecular complexity index is 595. The van der Waals surface area contributed by atoms with Gasteiger partial charge in [0.25, 0.3) is 0 Å². The van der Waals surface area contributed by atoms with Crippen LogP contribution in [-0.4, -0.2) is 48.1 Å². The average Bonchev–Trinajstić information content (AvgIpc) is 3.49. The summed E-state index contributed by atoms with van der Waals surface area (Å²) in [5, 5.41) is 9.60. The molecule has 1 spiro atoms. The van der Waals surface area contributed by atoms with Crippen molar-refractivity contribution >= 4 is 17.4 Å². The molecule has 1 atom stereocenters. The third kappa shape index (κ3) is 3.68. The second-order valence-electron chi connectivity index (χ2n) is 8.07. The van der Waals surface area contributed by atoms with Gasteiger partial charge in [0.2, 0.25) is 0 Å². The molecule has 0 bridgehead atoms. The number of nitrogens with two attached hydrogens (primary N) is 1. The summed E-state index contributed by atoms with van der Waals surface area (Å²) in [6.45, 7) is 4.24. The lowest BCUT2D eigenvalue weighted by atomic mass is 9.93. The van der Waals surface area contributed by atoms with E-state index in [-0.39, 0.29) is 6.03 Å². The zero-order chi connectivity index (χ0) is 17.3. The topological polar surface area (TPSA) is 83.3 Å². The molecular formula is C18H29N5OS. The van der Waals surface area contributed by atoms with Crippen LogP contribution in [0.5, 0.6) is 0 Å². The second-order valence-corrected chi connectivity index (χ2v) is 9.05. The molecule has 2 amide bonds. The van der Waals surface area contributed by atoms with Gasteiger partial charge >= 0.3 is 6.03 Å². The molecule has 7 heteroatoms. The lowest BCUT2D eigenvalue weighted by Gasteiger charge is -2.29. The van der Waals surface area contributed by atoms with Crippen LogP contribution in [0.15, 0.2) is 11.6 Å². The van der Waals surface area contributed by atoms with E-state index in [4.69, 9.17) is 5.73 Å². The van der Waals surface area contributed by atoms with E-state index in [2.05, 4.69) is 15.6 Å². The minimum Gasteiger partial charge on any atom is -0.338 e. The maximum atomic E-state index is 12.9. The van der Waals surface area contributed by atoms with E-state index in [0.29, 0.717) is 23.4 Å². The molecule has 1 aliphatic heterocycles. The normalized spacial score (nSPS) is 25.6. The number of hydrogen-bond donors (Lipinski definition) is 3. The predicted octanol–water partition coefficient (Wildman–Crippen LogP) is 1.93. The van der Waals surface area contributed by atoms with E-state index >= 15 is 0 Å². The van der Waals surface area contributed by atoms with Gasteiger partial charge in [-0.2, -0.15) is 0 Å². The summed E-state index contributed by atoms with van der Waals surface area (Å²) in [5.41, 5.74) is 6.50. The fourth-order valence-electron chi connectivity index (χ4n) is 4.30. The van der Waals surface area contributed by atoms with Crippen molar-refractivity contribution in [1.82, 2.24) is 20.5 Å². The number of urea groups is 1. The second kappa shape index (κ2) is 6.85. The van der Waals surface area contributed by atoms with E-state index in [1.807, 2.05) is 16.5 Å². The summed E-state index contributed by atoms with van der Waals surface area (Å²) in [4.78, 5) is 19.4. The highest BCUT2D eigenvalue weighted by atomic mass is 32.1. The fourth-order valence-corrected chi connectivity index (χ4v) is 4.91. The highest BCUT2D eigenvalue weighted by Gasteiger charge is 2.58. The molecule has 4 rings (SSSR count). The van der Waals surface area contributed by atoms with E-state index in [1.165, 1.54) is 25.7 Å². The van der Waals surface area contributed by atoms with Gasteiger partial charge in [0.1, 0.15) is 5.01 Å². The van der Waals surface area contributed by atoms with Crippen molar-refractivity contribution in [2.75, 3.05) is 26.2 Å². The monoisotopic (exact) mass is 363 g/mol. The molecule has 1 unspecified atom stereocenters. The zero-order valence-corrected chi connectivity index (χ0v) is 15.6. The summed E-state index contributed by atoms with van der Waals surface area (Å²) in [5.74, 6) is 0. The van der Waals surface area contributed by atoms with Crippen LogP contribution in [0.1, 0.15) is 43.5 Å². The first kappa shape index (κ1) is 17.2. The Morgan fingerprint density at radius 3 is 2.84 bits per heavy atom. The van der Waals surface area contributed by atoms with Gasteiger partial charge in [-0.05, 0) is 69.0 Å². The molecule has 0 aromatic carbocycles. The molecule has 1 saturated heterocycles. The highest BCUT2D eigenvalue weighted by Crippen LogP contribution is 2.56. The minimum absolute atomic E-state index is 0.0726. The third-order valence-electron chi connectivity index (χ3n) is 6.49. The zero-order valence-electron chi connectivity index (χ0n) is 14.8. The first-order valence-electron chi connectivity index (χ1n) is 9.50. The number of hydrogen-bond acceptors (Lipinski definition) is 5. The molecule has 0 radical (unpaired) electrons. The van der Waals surface area contributed by atoms with Gasteiger partial charge in [-0.15, -0.1) is 11.3 Å². The van der Waals surface area contributed by atoms with Crippen LogP contribution in [0.25, 0.3) is 0 Å². The van der Waals surface area contributed by atoms with Crippen LogP contribution in [-0.2, 0) is 6.54 Å². The lowest BCUT2D eigenvalue weighted by molar-refractivity contribution is 0.174. The van der Waals surface area contributed by atoms with Crippen molar-refractivity contribution < 1.29 is 4.79 Å². The molecular weight excluding hydrogens is 334 g/mol. The first-order chi connectivity index (χ1) is 12.2. The fraction of sp³-hybridized carbons (Fsp3) is 0.778. The van der Waals surface area contributed by atoms with Gasteiger partial charge < -0.3 is 21.3 Å². The van der Waals surface area contributed by atoms with Crippen LogP contribution in [0.3, 0.4) is 0 Å². The third-order valence-corrected chi connectivity index (χ3v) is 7.26. The van der Waals surface area contributed by atoms with Gasteiger partial charge in [0.15, 0.2) is 0 Å². The van der Waals surface area contributed by atoms with Crippen molar-refractivity contribution in [2.24, 2.45) is 16.6 Å². The average molecular weight is 364 g/mol. The maximum absolute atomic E-state index is 12.9.